The lowest BCUT2D eigenvalue weighted by Gasteiger charge is -2.13. The molecule has 0 unspecified atom stereocenters. The lowest BCUT2D eigenvalue weighted by molar-refractivity contribution is -0.116. The smallest absolute Gasteiger partial charge is 0.332 e. The van der Waals surface area contributed by atoms with Crippen LogP contribution in [0.5, 0.6) is 11.5 Å². The van der Waals surface area contributed by atoms with Gasteiger partial charge in [-0.15, -0.1) is 0 Å². The molecular formula is C27H23N3O6. The molecule has 9 heteroatoms. The Balaban J connectivity index is 1.59. The number of methoxy groups -OCH3 is 2. The lowest BCUT2D eigenvalue weighted by Crippen LogP contribution is -2.41. The van der Waals surface area contributed by atoms with Gasteiger partial charge in [-0.25, -0.2) is 4.79 Å². The van der Waals surface area contributed by atoms with Gasteiger partial charge >= 0.3 is 5.69 Å². The highest BCUT2D eigenvalue weighted by Crippen LogP contribution is 2.26. The third kappa shape index (κ3) is 4.22. The van der Waals surface area contributed by atoms with Crippen LogP contribution >= 0.6 is 0 Å². The van der Waals surface area contributed by atoms with Crippen LogP contribution in [0.15, 0.2) is 86.8 Å². The number of anilines is 1. The van der Waals surface area contributed by atoms with E-state index in [4.69, 9.17) is 13.9 Å². The number of nitrogens with zero attached hydrogens (tertiary/aromatic N) is 2. The van der Waals surface area contributed by atoms with Crippen molar-refractivity contribution >= 4 is 33.7 Å². The Morgan fingerprint density at radius 1 is 0.861 bits per heavy atom. The summed E-state index contributed by atoms with van der Waals surface area (Å²) in [6, 6.07) is 20.9. The Morgan fingerprint density at radius 2 is 1.50 bits per heavy atom. The SMILES string of the molecule is COc1ccc(Cn2c(=O)c3oc4ccccc4c3n(CC(=O)Nc3ccc(OC)cc3)c2=O)cc1. The number of amides is 1. The minimum absolute atomic E-state index is 0.00868. The van der Waals surface area contributed by atoms with Crippen molar-refractivity contribution in [3.63, 3.8) is 0 Å². The molecule has 0 aliphatic carbocycles. The van der Waals surface area contributed by atoms with Gasteiger partial charge in [0.25, 0.3) is 5.56 Å². The van der Waals surface area contributed by atoms with Crippen molar-refractivity contribution in [3.05, 3.63) is 99.2 Å². The summed E-state index contributed by atoms with van der Waals surface area (Å²) in [7, 11) is 3.12. The van der Waals surface area contributed by atoms with Crippen molar-refractivity contribution in [1.29, 1.82) is 0 Å². The first kappa shape index (κ1) is 23.0. The Kier molecular flexibility index (Phi) is 6.03. The van der Waals surface area contributed by atoms with Crippen LogP contribution in [-0.4, -0.2) is 29.3 Å². The normalized spacial score (nSPS) is 11.1. The number of para-hydroxylation sites is 1. The van der Waals surface area contributed by atoms with Crippen molar-refractivity contribution in [1.82, 2.24) is 9.13 Å². The average molecular weight is 485 g/mol. The quantitative estimate of drug-likeness (QED) is 0.378. The van der Waals surface area contributed by atoms with E-state index in [0.717, 1.165) is 10.1 Å². The van der Waals surface area contributed by atoms with Crippen LogP contribution in [0.1, 0.15) is 5.56 Å². The van der Waals surface area contributed by atoms with Gasteiger partial charge in [0.1, 0.15) is 29.1 Å². The molecule has 2 aromatic heterocycles. The summed E-state index contributed by atoms with van der Waals surface area (Å²) in [5.74, 6) is 0.886. The van der Waals surface area contributed by atoms with Gasteiger partial charge in [0.2, 0.25) is 11.5 Å². The number of rotatable bonds is 7. The standard InChI is InChI=1S/C27H23N3O6/c1-34-19-11-7-17(8-12-19)15-30-26(32)25-24(21-5-3-4-6-22(21)36-25)29(27(30)33)16-23(31)28-18-9-13-20(35-2)14-10-18/h3-14H,15-16H2,1-2H3,(H,28,31). The lowest BCUT2D eigenvalue weighted by atomic mass is 10.2. The first-order valence-corrected chi connectivity index (χ1v) is 11.2. The van der Waals surface area contributed by atoms with Crippen molar-refractivity contribution in [2.75, 3.05) is 19.5 Å². The summed E-state index contributed by atoms with van der Waals surface area (Å²) in [5, 5.41) is 3.36. The second-order valence-electron chi connectivity index (χ2n) is 8.16. The van der Waals surface area contributed by atoms with E-state index in [1.54, 1.807) is 87.0 Å². The molecular weight excluding hydrogens is 462 g/mol. The monoisotopic (exact) mass is 485 g/mol. The summed E-state index contributed by atoms with van der Waals surface area (Å²) in [5.41, 5.74) is 0.857. The van der Waals surface area contributed by atoms with E-state index in [9.17, 15) is 14.4 Å². The number of benzene rings is 3. The molecule has 0 saturated carbocycles. The molecule has 0 radical (unpaired) electrons. The number of hydrogen-bond donors (Lipinski definition) is 1. The highest BCUT2D eigenvalue weighted by molar-refractivity contribution is 6.03. The number of carbonyl (C=O) groups is 1. The van der Waals surface area contributed by atoms with Gasteiger partial charge < -0.3 is 19.2 Å². The molecule has 9 nitrogen and oxygen atoms in total. The van der Waals surface area contributed by atoms with Gasteiger partial charge in [-0.3, -0.25) is 18.7 Å². The first-order chi connectivity index (χ1) is 17.5. The highest BCUT2D eigenvalue weighted by Gasteiger charge is 2.21. The van der Waals surface area contributed by atoms with Gasteiger partial charge in [0, 0.05) is 11.1 Å². The third-order valence-electron chi connectivity index (χ3n) is 5.92. The van der Waals surface area contributed by atoms with Crippen molar-refractivity contribution in [3.8, 4) is 11.5 Å². The molecule has 0 spiro atoms. The Labute approximate surface area is 205 Å². The molecule has 5 aromatic rings. The van der Waals surface area contributed by atoms with Gasteiger partial charge in [0.15, 0.2) is 0 Å². The predicted octanol–water partition coefficient (Wildman–Crippen LogP) is 3.61. The molecule has 0 saturated heterocycles. The Morgan fingerprint density at radius 3 is 2.17 bits per heavy atom. The zero-order valence-electron chi connectivity index (χ0n) is 19.7. The molecule has 182 valence electrons. The van der Waals surface area contributed by atoms with E-state index in [1.807, 2.05) is 0 Å². The van der Waals surface area contributed by atoms with Crippen LogP contribution in [0.4, 0.5) is 5.69 Å². The van der Waals surface area contributed by atoms with Crippen LogP contribution in [0.25, 0.3) is 22.1 Å². The summed E-state index contributed by atoms with van der Waals surface area (Å²) in [4.78, 5) is 39.9. The average Bonchev–Trinajstić information content (AvgIpc) is 3.30. The maximum Gasteiger partial charge on any atom is 0.332 e. The number of carbonyl (C=O) groups excluding carboxylic acids is 1. The maximum atomic E-state index is 13.6. The van der Waals surface area contributed by atoms with Crippen molar-refractivity contribution in [2.24, 2.45) is 0 Å². The summed E-state index contributed by atoms with van der Waals surface area (Å²) in [6.45, 7) is -0.303. The number of nitrogens with one attached hydrogen (secondary N) is 1. The molecule has 36 heavy (non-hydrogen) atoms. The minimum Gasteiger partial charge on any atom is -0.497 e. The fourth-order valence-corrected chi connectivity index (χ4v) is 4.11. The van der Waals surface area contributed by atoms with E-state index in [2.05, 4.69) is 5.32 Å². The van der Waals surface area contributed by atoms with E-state index >= 15 is 0 Å². The molecule has 1 N–H and O–H groups in total. The largest absolute Gasteiger partial charge is 0.497 e. The summed E-state index contributed by atoms with van der Waals surface area (Å²) in [6.07, 6.45) is 0. The summed E-state index contributed by atoms with van der Waals surface area (Å²) < 4.78 is 18.5. The molecule has 0 aliphatic heterocycles. The molecule has 1 amide bonds. The highest BCUT2D eigenvalue weighted by atomic mass is 16.5. The topological polar surface area (TPSA) is 105 Å². The van der Waals surface area contributed by atoms with Crippen molar-refractivity contribution in [2.45, 2.75) is 13.1 Å². The molecule has 0 aliphatic rings. The molecule has 2 heterocycles. The summed E-state index contributed by atoms with van der Waals surface area (Å²) >= 11 is 0. The van der Waals surface area contributed by atoms with Crippen LogP contribution in [0.2, 0.25) is 0 Å². The Hall–Kier alpha value is -4.79. The third-order valence-corrected chi connectivity index (χ3v) is 5.92. The molecule has 0 atom stereocenters. The van der Waals surface area contributed by atoms with Crippen LogP contribution in [0, 0.1) is 0 Å². The van der Waals surface area contributed by atoms with E-state index in [-0.39, 0.29) is 24.2 Å². The van der Waals surface area contributed by atoms with Gasteiger partial charge in [-0.2, -0.15) is 0 Å². The van der Waals surface area contributed by atoms with Gasteiger partial charge in [-0.1, -0.05) is 24.3 Å². The minimum atomic E-state index is -0.611. The molecule has 0 fully saturated rings. The van der Waals surface area contributed by atoms with Gasteiger partial charge in [0.05, 0.1) is 20.8 Å². The fourth-order valence-electron chi connectivity index (χ4n) is 4.11. The maximum absolute atomic E-state index is 13.6. The Bertz CT molecular complexity index is 1680. The molecule has 5 rings (SSSR count). The number of furan rings is 1. The second kappa shape index (κ2) is 9.46. The van der Waals surface area contributed by atoms with Crippen molar-refractivity contribution < 1.29 is 18.7 Å². The van der Waals surface area contributed by atoms with Crippen LogP contribution in [0.3, 0.4) is 0 Å². The fraction of sp³-hybridized carbons (Fsp3) is 0.148. The van der Waals surface area contributed by atoms with Crippen LogP contribution < -0.4 is 26.0 Å². The van der Waals surface area contributed by atoms with Crippen LogP contribution in [-0.2, 0) is 17.9 Å². The van der Waals surface area contributed by atoms with E-state index < -0.39 is 17.2 Å². The number of aromatic nitrogens is 2. The van der Waals surface area contributed by atoms with E-state index in [0.29, 0.717) is 28.2 Å². The molecule has 0 bridgehead atoms. The van der Waals surface area contributed by atoms with Gasteiger partial charge in [-0.05, 0) is 54.1 Å². The zero-order valence-corrected chi connectivity index (χ0v) is 19.7. The molecule has 3 aromatic carbocycles. The van der Waals surface area contributed by atoms with E-state index in [1.165, 1.54) is 4.57 Å². The number of ether oxygens (including phenoxy) is 2. The zero-order chi connectivity index (χ0) is 25.2. The predicted molar refractivity (Wildman–Crippen MR) is 136 cm³/mol. The number of hydrogen-bond acceptors (Lipinski definition) is 6. The second-order valence-corrected chi connectivity index (χ2v) is 8.16. The number of fused-ring (bicyclic) bond motifs is 3. The first-order valence-electron chi connectivity index (χ1n) is 11.2.